The van der Waals surface area contributed by atoms with Crippen molar-refractivity contribution in [3.8, 4) is 0 Å². The lowest BCUT2D eigenvalue weighted by atomic mass is 10.4. The molecule has 1 heterocycles. The summed E-state index contributed by atoms with van der Waals surface area (Å²) in [6, 6.07) is 2.88. The van der Waals surface area contributed by atoms with Gasteiger partial charge in [-0.2, -0.15) is 4.73 Å². The summed E-state index contributed by atoms with van der Waals surface area (Å²) in [6.07, 6.45) is 1.25. The number of hydrogen-bond acceptors (Lipinski definition) is 3. The highest BCUT2D eigenvalue weighted by Gasteiger charge is 2.04. The molecule has 0 unspecified atom stereocenters. The molecule has 0 radical (unpaired) electrons. The van der Waals surface area contributed by atoms with Crippen molar-refractivity contribution < 1.29 is 14.9 Å². The molecule has 0 aliphatic heterocycles. The van der Waals surface area contributed by atoms with Gasteiger partial charge in [-0.25, -0.2) is 4.89 Å². The second kappa shape index (κ2) is 3.52. The summed E-state index contributed by atoms with van der Waals surface area (Å²) in [5, 5.41) is 19.3. The van der Waals surface area contributed by atoms with Gasteiger partial charge in [0.05, 0.1) is 5.02 Å². The maximum absolute atomic E-state index is 10.8. The van der Waals surface area contributed by atoms with Gasteiger partial charge in [-0.3, -0.25) is 5.26 Å². The third kappa shape index (κ3) is 2.04. The molecular weight excluding hydrogens is 170 g/mol. The van der Waals surface area contributed by atoms with E-state index < -0.39 is 0 Å². The molecule has 0 amide bonds. The molecule has 0 spiro atoms. The third-order valence-corrected chi connectivity index (χ3v) is 1.40. The number of aromatic nitrogens is 1. The van der Waals surface area contributed by atoms with Crippen LogP contribution in [0.4, 0.5) is 0 Å². The van der Waals surface area contributed by atoms with E-state index >= 15 is 0 Å². The molecule has 0 aliphatic rings. The first kappa shape index (κ1) is 8.26. The van der Waals surface area contributed by atoms with Gasteiger partial charge in [0.15, 0.2) is 12.8 Å². The van der Waals surface area contributed by atoms with Crippen LogP contribution in [-0.4, -0.2) is 5.26 Å². The standard InChI is InChI=1S/C6H6ClNO3/c7-5-1-2-8(9)6(3-5)4-11-10/h1-3,10H,4H2. The van der Waals surface area contributed by atoms with Gasteiger partial charge >= 0.3 is 0 Å². The minimum absolute atomic E-state index is 0.163. The van der Waals surface area contributed by atoms with Crippen molar-refractivity contribution in [3.05, 3.63) is 34.3 Å². The highest BCUT2D eigenvalue weighted by atomic mass is 35.5. The van der Waals surface area contributed by atoms with Crippen molar-refractivity contribution in [1.82, 2.24) is 0 Å². The molecule has 0 fully saturated rings. The van der Waals surface area contributed by atoms with E-state index in [1.54, 1.807) is 0 Å². The highest BCUT2D eigenvalue weighted by Crippen LogP contribution is 2.06. The van der Waals surface area contributed by atoms with Gasteiger partial charge in [0.25, 0.3) is 0 Å². The van der Waals surface area contributed by atoms with E-state index in [-0.39, 0.29) is 12.3 Å². The average molecular weight is 176 g/mol. The molecule has 1 N–H and O–H groups in total. The fourth-order valence-corrected chi connectivity index (χ4v) is 0.859. The Morgan fingerprint density at radius 2 is 2.45 bits per heavy atom. The number of halogens is 1. The zero-order valence-corrected chi connectivity index (χ0v) is 6.28. The summed E-state index contributed by atoms with van der Waals surface area (Å²) in [6.45, 7) is -0.163. The van der Waals surface area contributed by atoms with Crippen LogP contribution in [0.2, 0.25) is 5.02 Å². The quantitative estimate of drug-likeness (QED) is 0.315. The number of hydrogen-bond donors (Lipinski definition) is 1. The molecule has 0 atom stereocenters. The molecule has 0 aromatic carbocycles. The van der Waals surface area contributed by atoms with Crippen molar-refractivity contribution in [2.75, 3.05) is 0 Å². The molecular formula is C6H6ClNO3. The van der Waals surface area contributed by atoms with Crippen LogP contribution in [0.15, 0.2) is 18.3 Å². The van der Waals surface area contributed by atoms with Crippen LogP contribution in [0.5, 0.6) is 0 Å². The van der Waals surface area contributed by atoms with Crippen LogP contribution in [-0.2, 0) is 11.5 Å². The Kier molecular flexibility index (Phi) is 2.64. The fourth-order valence-electron chi connectivity index (χ4n) is 0.677. The summed E-state index contributed by atoms with van der Waals surface area (Å²) >= 11 is 5.56. The Balaban J connectivity index is 2.93. The monoisotopic (exact) mass is 175 g/mol. The molecule has 1 aromatic rings. The van der Waals surface area contributed by atoms with Crippen LogP contribution in [0.3, 0.4) is 0 Å². The zero-order chi connectivity index (χ0) is 8.27. The largest absolute Gasteiger partial charge is 0.618 e. The Labute approximate surface area is 68.1 Å². The molecule has 5 heteroatoms. The first-order valence-electron chi connectivity index (χ1n) is 2.88. The number of pyridine rings is 1. The maximum atomic E-state index is 10.8. The van der Waals surface area contributed by atoms with Gasteiger partial charge in [-0.1, -0.05) is 11.6 Å². The van der Waals surface area contributed by atoms with Crippen LogP contribution >= 0.6 is 11.6 Å². The smallest absolute Gasteiger partial charge is 0.223 e. The highest BCUT2D eigenvalue weighted by molar-refractivity contribution is 6.30. The number of nitrogens with zero attached hydrogens (tertiary/aromatic N) is 1. The summed E-state index contributed by atoms with van der Waals surface area (Å²) < 4.78 is 0.572. The summed E-state index contributed by atoms with van der Waals surface area (Å²) in [7, 11) is 0. The lowest BCUT2D eigenvalue weighted by molar-refractivity contribution is -0.618. The van der Waals surface area contributed by atoms with E-state index in [0.717, 1.165) is 0 Å². The van der Waals surface area contributed by atoms with Crippen LogP contribution in [0.25, 0.3) is 0 Å². The van der Waals surface area contributed by atoms with Crippen molar-refractivity contribution in [1.29, 1.82) is 0 Å². The third-order valence-electron chi connectivity index (χ3n) is 1.17. The molecule has 1 rings (SSSR count). The molecule has 0 aliphatic carbocycles. The Morgan fingerprint density at radius 1 is 1.73 bits per heavy atom. The summed E-state index contributed by atoms with van der Waals surface area (Å²) in [5.41, 5.74) is 0.264. The Bertz CT molecular complexity index is 254. The predicted octanol–water partition coefficient (Wildman–Crippen LogP) is 0.963. The summed E-state index contributed by atoms with van der Waals surface area (Å²) in [4.78, 5) is 3.78. The lowest BCUT2D eigenvalue weighted by Crippen LogP contribution is -2.31. The van der Waals surface area contributed by atoms with Crippen molar-refractivity contribution in [3.63, 3.8) is 0 Å². The second-order valence-corrected chi connectivity index (χ2v) is 2.37. The lowest BCUT2D eigenvalue weighted by Gasteiger charge is -2.01. The maximum Gasteiger partial charge on any atom is 0.223 e. The van der Waals surface area contributed by atoms with E-state index in [1.165, 1.54) is 18.3 Å². The number of rotatable bonds is 2. The molecule has 11 heavy (non-hydrogen) atoms. The Morgan fingerprint density at radius 3 is 3.09 bits per heavy atom. The van der Waals surface area contributed by atoms with Crippen LogP contribution in [0, 0.1) is 5.21 Å². The van der Waals surface area contributed by atoms with Gasteiger partial charge < -0.3 is 5.21 Å². The first-order valence-corrected chi connectivity index (χ1v) is 3.26. The molecule has 1 aromatic heterocycles. The van der Waals surface area contributed by atoms with E-state index in [4.69, 9.17) is 16.9 Å². The van der Waals surface area contributed by atoms with Crippen molar-refractivity contribution in [2.45, 2.75) is 6.61 Å². The second-order valence-electron chi connectivity index (χ2n) is 1.94. The predicted molar refractivity (Wildman–Crippen MR) is 37.8 cm³/mol. The fraction of sp³-hybridized carbons (Fsp3) is 0.167. The van der Waals surface area contributed by atoms with Crippen LogP contribution in [0.1, 0.15) is 5.69 Å². The SMILES string of the molecule is [O-][n+]1ccc(Cl)cc1COO. The summed E-state index contributed by atoms with van der Waals surface area (Å²) in [5.74, 6) is 0. The zero-order valence-electron chi connectivity index (χ0n) is 5.53. The van der Waals surface area contributed by atoms with Crippen molar-refractivity contribution >= 4 is 11.6 Å². The molecule has 0 saturated carbocycles. The topological polar surface area (TPSA) is 56.4 Å². The molecule has 4 nitrogen and oxygen atoms in total. The average Bonchev–Trinajstić information content (AvgIpc) is 1.98. The minimum atomic E-state index is -0.163. The van der Waals surface area contributed by atoms with E-state index in [1.807, 2.05) is 0 Å². The Hall–Kier alpha value is -0.840. The first-order chi connectivity index (χ1) is 5.24. The van der Waals surface area contributed by atoms with E-state index in [9.17, 15) is 5.21 Å². The van der Waals surface area contributed by atoms with Crippen LogP contribution < -0.4 is 4.73 Å². The van der Waals surface area contributed by atoms with Gasteiger partial charge in [0.2, 0.25) is 5.69 Å². The van der Waals surface area contributed by atoms with E-state index in [2.05, 4.69) is 4.89 Å². The van der Waals surface area contributed by atoms with Crippen molar-refractivity contribution in [2.24, 2.45) is 0 Å². The van der Waals surface area contributed by atoms with Gasteiger partial charge in [-0.05, 0) is 0 Å². The molecule has 0 bridgehead atoms. The molecule has 0 saturated heterocycles. The minimum Gasteiger partial charge on any atom is -0.618 e. The normalized spacial score (nSPS) is 10.0. The van der Waals surface area contributed by atoms with Gasteiger partial charge in [0, 0.05) is 12.1 Å². The van der Waals surface area contributed by atoms with Gasteiger partial charge in [-0.15, -0.1) is 0 Å². The molecule has 60 valence electrons. The van der Waals surface area contributed by atoms with Gasteiger partial charge in [0.1, 0.15) is 0 Å². The van der Waals surface area contributed by atoms with E-state index in [0.29, 0.717) is 9.75 Å².